The maximum absolute atomic E-state index is 12.6. The number of rotatable bonds is 34. The molecule has 1 amide bonds. The minimum absolute atomic E-state index is 0.0128. The van der Waals surface area contributed by atoms with Gasteiger partial charge in [-0.2, -0.15) is 0 Å². The van der Waals surface area contributed by atoms with Gasteiger partial charge in [-0.1, -0.05) is 155 Å². The zero-order valence-electron chi connectivity index (χ0n) is 28.6. The lowest BCUT2D eigenvalue weighted by atomic mass is 10.0. The number of aliphatic carboxylic acids is 1. The molecule has 0 aliphatic rings. The van der Waals surface area contributed by atoms with E-state index in [0.717, 1.165) is 57.8 Å². The van der Waals surface area contributed by atoms with E-state index in [-0.39, 0.29) is 24.5 Å². The molecule has 43 heavy (non-hydrogen) atoms. The Hall–Kier alpha value is -1.59. The molecule has 0 aromatic carbocycles. The molecule has 0 radical (unpaired) electrons. The van der Waals surface area contributed by atoms with Crippen LogP contribution < -0.4 is 5.32 Å². The van der Waals surface area contributed by atoms with E-state index in [0.29, 0.717) is 12.8 Å². The number of hydrogen-bond acceptors (Lipinski definition) is 4. The summed E-state index contributed by atoms with van der Waals surface area (Å²) in [6.45, 7) is 4.19. The van der Waals surface area contributed by atoms with Crippen molar-refractivity contribution in [3.05, 3.63) is 0 Å². The Kier molecular flexibility index (Phi) is 32.1. The number of hydrogen-bond donors (Lipinski definition) is 2. The van der Waals surface area contributed by atoms with Crippen molar-refractivity contribution in [2.24, 2.45) is 0 Å². The number of carboxylic acids is 1. The topological polar surface area (TPSA) is 92.7 Å². The molecule has 6 heteroatoms. The molecule has 0 spiro atoms. The van der Waals surface area contributed by atoms with Crippen molar-refractivity contribution in [1.29, 1.82) is 0 Å². The SMILES string of the molecule is CCCCCCCCCCCCCCCCCCCC(=O)OC(CCCCCCC)CCCCCCC(=O)NCC(=O)O. The Bertz CT molecular complexity index is 638. The van der Waals surface area contributed by atoms with Gasteiger partial charge in [0.1, 0.15) is 12.6 Å². The van der Waals surface area contributed by atoms with Gasteiger partial charge in [-0.15, -0.1) is 0 Å². The van der Waals surface area contributed by atoms with Crippen LogP contribution >= 0.6 is 0 Å². The van der Waals surface area contributed by atoms with E-state index >= 15 is 0 Å². The number of ether oxygens (including phenoxy) is 1. The molecule has 0 fully saturated rings. The van der Waals surface area contributed by atoms with Crippen LogP contribution in [-0.2, 0) is 19.1 Å². The molecule has 0 rings (SSSR count). The van der Waals surface area contributed by atoms with Crippen LogP contribution in [-0.4, -0.2) is 35.6 Å². The minimum Gasteiger partial charge on any atom is -0.480 e. The van der Waals surface area contributed by atoms with Crippen LogP contribution in [0.15, 0.2) is 0 Å². The molecular weight excluding hydrogens is 538 g/mol. The van der Waals surface area contributed by atoms with Gasteiger partial charge in [0.05, 0.1) is 0 Å². The molecule has 0 bridgehead atoms. The fraction of sp³-hybridized carbons (Fsp3) is 0.919. The molecule has 0 aromatic heterocycles. The van der Waals surface area contributed by atoms with Crippen LogP contribution in [0.2, 0.25) is 0 Å². The molecule has 0 aliphatic carbocycles. The smallest absolute Gasteiger partial charge is 0.322 e. The molecule has 1 atom stereocenters. The van der Waals surface area contributed by atoms with E-state index in [1.807, 2.05) is 0 Å². The van der Waals surface area contributed by atoms with Gasteiger partial charge in [0, 0.05) is 12.8 Å². The van der Waals surface area contributed by atoms with Crippen LogP contribution in [0, 0.1) is 0 Å². The summed E-state index contributed by atoms with van der Waals surface area (Å²) in [6, 6.07) is 0. The van der Waals surface area contributed by atoms with E-state index in [1.165, 1.54) is 122 Å². The highest BCUT2D eigenvalue weighted by molar-refractivity contribution is 5.80. The number of unbranched alkanes of at least 4 members (excludes halogenated alkanes) is 23. The van der Waals surface area contributed by atoms with Crippen molar-refractivity contribution < 1.29 is 24.2 Å². The summed E-state index contributed by atoms with van der Waals surface area (Å²) < 4.78 is 5.93. The van der Waals surface area contributed by atoms with Gasteiger partial charge in [-0.3, -0.25) is 14.4 Å². The lowest BCUT2D eigenvalue weighted by Gasteiger charge is -2.18. The second kappa shape index (κ2) is 33.3. The van der Waals surface area contributed by atoms with Crippen LogP contribution in [0.5, 0.6) is 0 Å². The molecule has 0 saturated carbocycles. The zero-order valence-corrected chi connectivity index (χ0v) is 28.6. The Balaban J connectivity index is 3.85. The summed E-state index contributed by atoms with van der Waals surface area (Å²) in [6.07, 6.45) is 35.2. The van der Waals surface area contributed by atoms with Gasteiger partial charge in [0.25, 0.3) is 0 Å². The first-order valence-corrected chi connectivity index (χ1v) is 18.7. The fourth-order valence-corrected chi connectivity index (χ4v) is 5.75. The Morgan fingerprint density at radius 2 is 0.860 bits per heavy atom. The van der Waals surface area contributed by atoms with E-state index in [1.54, 1.807) is 0 Å². The molecule has 1 unspecified atom stereocenters. The zero-order chi connectivity index (χ0) is 31.6. The number of esters is 1. The summed E-state index contributed by atoms with van der Waals surface area (Å²) in [5, 5.41) is 11.0. The van der Waals surface area contributed by atoms with Crippen LogP contribution in [0.1, 0.15) is 206 Å². The summed E-state index contributed by atoms with van der Waals surface area (Å²) in [7, 11) is 0. The molecular formula is C37H71NO5. The fourth-order valence-electron chi connectivity index (χ4n) is 5.75. The number of amides is 1. The summed E-state index contributed by atoms with van der Waals surface area (Å²) in [5.74, 6) is -1.26. The molecule has 0 saturated heterocycles. The van der Waals surface area contributed by atoms with Gasteiger partial charge in [0.2, 0.25) is 5.91 Å². The maximum atomic E-state index is 12.6. The standard InChI is InChI=1S/C37H71NO5/c1-3-5-7-9-10-11-12-13-14-15-16-17-18-19-20-22-28-32-37(42)43-34(29-25-21-8-6-4-2)30-26-23-24-27-31-35(39)38-33-36(40)41/h34H,3-33H2,1-2H3,(H,38,39)(H,40,41). The van der Waals surface area contributed by atoms with Gasteiger partial charge < -0.3 is 15.2 Å². The van der Waals surface area contributed by atoms with Crippen molar-refractivity contribution in [2.45, 2.75) is 213 Å². The lowest BCUT2D eigenvalue weighted by Crippen LogP contribution is -2.28. The minimum atomic E-state index is -1.02. The Morgan fingerprint density at radius 1 is 0.512 bits per heavy atom. The monoisotopic (exact) mass is 610 g/mol. The van der Waals surface area contributed by atoms with Gasteiger partial charge in [-0.05, 0) is 38.5 Å². The van der Waals surface area contributed by atoms with E-state index < -0.39 is 5.97 Å². The first kappa shape index (κ1) is 41.4. The third kappa shape index (κ3) is 33.1. The summed E-state index contributed by atoms with van der Waals surface area (Å²) in [5.41, 5.74) is 0. The first-order chi connectivity index (χ1) is 21.0. The van der Waals surface area contributed by atoms with E-state index in [2.05, 4.69) is 19.2 Å². The normalized spacial score (nSPS) is 11.9. The third-order valence-electron chi connectivity index (χ3n) is 8.53. The first-order valence-electron chi connectivity index (χ1n) is 18.7. The number of carbonyl (C=O) groups is 3. The summed E-state index contributed by atoms with van der Waals surface area (Å²) in [4.78, 5) is 34.7. The van der Waals surface area contributed by atoms with Crippen molar-refractivity contribution >= 4 is 17.8 Å². The average Bonchev–Trinajstić information content (AvgIpc) is 2.99. The van der Waals surface area contributed by atoms with Gasteiger partial charge in [-0.25, -0.2) is 0 Å². The third-order valence-corrected chi connectivity index (χ3v) is 8.53. The van der Waals surface area contributed by atoms with Gasteiger partial charge in [0.15, 0.2) is 0 Å². The highest BCUT2D eigenvalue weighted by Gasteiger charge is 2.14. The number of nitrogens with one attached hydrogen (secondary N) is 1. The molecule has 2 N–H and O–H groups in total. The second-order valence-electron chi connectivity index (χ2n) is 12.8. The molecule has 254 valence electrons. The van der Waals surface area contributed by atoms with Crippen molar-refractivity contribution in [3.8, 4) is 0 Å². The highest BCUT2D eigenvalue weighted by atomic mass is 16.5. The van der Waals surface area contributed by atoms with Crippen molar-refractivity contribution in [3.63, 3.8) is 0 Å². The Labute approximate surface area is 266 Å². The predicted octanol–water partition coefficient (Wildman–Crippen LogP) is 10.8. The second-order valence-corrected chi connectivity index (χ2v) is 12.8. The predicted molar refractivity (Wildman–Crippen MR) is 180 cm³/mol. The average molecular weight is 610 g/mol. The van der Waals surface area contributed by atoms with Crippen LogP contribution in [0.3, 0.4) is 0 Å². The van der Waals surface area contributed by atoms with E-state index in [9.17, 15) is 14.4 Å². The van der Waals surface area contributed by atoms with Gasteiger partial charge >= 0.3 is 11.9 Å². The van der Waals surface area contributed by atoms with Crippen LogP contribution in [0.4, 0.5) is 0 Å². The molecule has 6 nitrogen and oxygen atoms in total. The largest absolute Gasteiger partial charge is 0.480 e. The highest BCUT2D eigenvalue weighted by Crippen LogP contribution is 2.18. The number of carbonyl (C=O) groups excluding carboxylic acids is 2. The number of carboxylic acid groups (broad SMARTS) is 1. The Morgan fingerprint density at radius 3 is 1.26 bits per heavy atom. The molecule has 0 heterocycles. The molecule has 0 aliphatic heterocycles. The van der Waals surface area contributed by atoms with Crippen molar-refractivity contribution in [2.75, 3.05) is 6.54 Å². The maximum Gasteiger partial charge on any atom is 0.322 e. The quantitative estimate of drug-likeness (QED) is 0.0559. The lowest BCUT2D eigenvalue weighted by molar-refractivity contribution is -0.150. The summed E-state index contributed by atoms with van der Waals surface area (Å²) >= 11 is 0. The van der Waals surface area contributed by atoms with E-state index in [4.69, 9.17) is 9.84 Å². The van der Waals surface area contributed by atoms with Crippen LogP contribution in [0.25, 0.3) is 0 Å². The van der Waals surface area contributed by atoms with Crippen molar-refractivity contribution in [1.82, 2.24) is 5.32 Å². The molecule has 0 aromatic rings.